The van der Waals surface area contributed by atoms with Crippen LogP contribution in [0.25, 0.3) is 0 Å². The lowest BCUT2D eigenvalue weighted by atomic mass is 10.2. The smallest absolute Gasteiger partial charge is 0.223 e. The molecule has 1 aromatic rings. The zero-order valence-corrected chi connectivity index (χ0v) is 16.3. The van der Waals surface area contributed by atoms with Crippen LogP contribution in [0.15, 0.2) is 23.1 Å². The first-order valence-corrected chi connectivity index (χ1v) is 9.48. The average molecular weight is 393 g/mol. The van der Waals surface area contributed by atoms with Crippen molar-refractivity contribution in [2.75, 3.05) is 39.6 Å². The van der Waals surface area contributed by atoms with Crippen LogP contribution in [0.2, 0.25) is 0 Å². The van der Waals surface area contributed by atoms with Crippen molar-refractivity contribution in [3.63, 3.8) is 0 Å². The van der Waals surface area contributed by atoms with E-state index in [1.54, 1.807) is 11.0 Å². The van der Waals surface area contributed by atoms with Crippen molar-refractivity contribution in [3.05, 3.63) is 18.2 Å². The summed E-state index contributed by atoms with van der Waals surface area (Å²) in [5.74, 6) is 0.454. The highest BCUT2D eigenvalue weighted by Gasteiger charge is 2.23. The largest absolute Gasteiger partial charge is 0.493 e. The fraction of sp³-hybridized carbons (Fsp3) is 0.562. The van der Waals surface area contributed by atoms with Crippen LogP contribution in [0.4, 0.5) is 0 Å². The summed E-state index contributed by atoms with van der Waals surface area (Å²) in [5.41, 5.74) is 0. The lowest BCUT2D eigenvalue weighted by Gasteiger charge is -2.31. The van der Waals surface area contributed by atoms with Gasteiger partial charge < -0.3 is 19.7 Å². The third-order valence-electron chi connectivity index (χ3n) is 4.02. The SMILES string of the molecule is COc1ccc(S(=O)(=O)CCC(=O)N2CCNC(C)C2)cc1OC.Cl. The molecule has 0 aromatic heterocycles. The summed E-state index contributed by atoms with van der Waals surface area (Å²) in [5, 5.41) is 3.25. The molecule has 1 heterocycles. The maximum Gasteiger partial charge on any atom is 0.223 e. The molecular weight excluding hydrogens is 368 g/mol. The van der Waals surface area contributed by atoms with Crippen LogP contribution < -0.4 is 14.8 Å². The van der Waals surface area contributed by atoms with Gasteiger partial charge in [-0.25, -0.2) is 8.42 Å². The molecule has 0 bridgehead atoms. The highest BCUT2D eigenvalue weighted by Crippen LogP contribution is 2.29. The average Bonchev–Trinajstić information content (AvgIpc) is 2.59. The first-order chi connectivity index (χ1) is 11.4. The molecule has 9 heteroatoms. The topological polar surface area (TPSA) is 84.9 Å². The van der Waals surface area contributed by atoms with Gasteiger partial charge in [0.25, 0.3) is 0 Å². The second kappa shape index (κ2) is 9.26. The minimum Gasteiger partial charge on any atom is -0.493 e. The lowest BCUT2D eigenvalue weighted by molar-refractivity contribution is -0.131. The van der Waals surface area contributed by atoms with Crippen LogP contribution in [-0.2, 0) is 14.6 Å². The number of carbonyl (C=O) groups is 1. The van der Waals surface area contributed by atoms with Gasteiger partial charge in [-0.2, -0.15) is 0 Å². The highest BCUT2D eigenvalue weighted by molar-refractivity contribution is 7.91. The van der Waals surface area contributed by atoms with E-state index in [1.165, 1.54) is 26.4 Å². The Morgan fingerprint density at radius 3 is 2.56 bits per heavy atom. The van der Waals surface area contributed by atoms with E-state index in [1.807, 2.05) is 6.92 Å². The summed E-state index contributed by atoms with van der Waals surface area (Å²) in [7, 11) is -0.631. The van der Waals surface area contributed by atoms with Crippen molar-refractivity contribution in [1.82, 2.24) is 10.2 Å². The van der Waals surface area contributed by atoms with Crippen molar-refractivity contribution in [1.29, 1.82) is 0 Å². The molecule has 142 valence electrons. The van der Waals surface area contributed by atoms with Gasteiger partial charge in [0.15, 0.2) is 21.3 Å². The molecule has 1 fully saturated rings. The van der Waals surface area contributed by atoms with Gasteiger partial charge in [0.1, 0.15) is 0 Å². The molecule has 0 spiro atoms. The standard InChI is InChI=1S/C16H24N2O5S.ClH/c1-12-11-18(8-7-17-12)16(19)6-9-24(20,21)13-4-5-14(22-2)15(10-13)23-3;/h4-5,10,12,17H,6-9,11H2,1-3H3;1H. The normalized spacial score (nSPS) is 17.6. The number of ether oxygens (including phenoxy) is 2. The summed E-state index contributed by atoms with van der Waals surface area (Å²) < 4.78 is 35.2. The molecule has 1 amide bonds. The molecule has 1 N–H and O–H groups in total. The molecule has 1 atom stereocenters. The van der Waals surface area contributed by atoms with Gasteiger partial charge in [0.05, 0.1) is 24.9 Å². The van der Waals surface area contributed by atoms with Crippen LogP contribution in [0.5, 0.6) is 11.5 Å². The van der Waals surface area contributed by atoms with Gasteiger partial charge in [-0.15, -0.1) is 12.4 Å². The Morgan fingerprint density at radius 1 is 1.28 bits per heavy atom. The van der Waals surface area contributed by atoms with Crippen LogP contribution in [0.3, 0.4) is 0 Å². The number of methoxy groups -OCH3 is 2. The third-order valence-corrected chi connectivity index (χ3v) is 5.73. The molecule has 25 heavy (non-hydrogen) atoms. The molecule has 0 aliphatic carbocycles. The van der Waals surface area contributed by atoms with E-state index < -0.39 is 9.84 Å². The zero-order valence-electron chi connectivity index (χ0n) is 14.6. The van der Waals surface area contributed by atoms with Gasteiger partial charge in [0.2, 0.25) is 5.91 Å². The van der Waals surface area contributed by atoms with Crippen LogP contribution in [-0.4, -0.2) is 64.9 Å². The van der Waals surface area contributed by atoms with E-state index in [2.05, 4.69) is 5.32 Å². The Morgan fingerprint density at radius 2 is 1.96 bits per heavy atom. The van der Waals surface area contributed by atoms with E-state index in [0.717, 1.165) is 6.54 Å². The van der Waals surface area contributed by atoms with Crippen molar-refractivity contribution in [2.45, 2.75) is 24.3 Å². The molecule has 1 unspecified atom stereocenters. The highest BCUT2D eigenvalue weighted by atomic mass is 35.5. The molecule has 0 radical (unpaired) electrons. The second-order valence-corrected chi connectivity index (χ2v) is 7.89. The summed E-state index contributed by atoms with van der Waals surface area (Å²) in [4.78, 5) is 14.1. The van der Waals surface area contributed by atoms with E-state index in [-0.39, 0.29) is 41.4 Å². The van der Waals surface area contributed by atoms with E-state index in [9.17, 15) is 13.2 Å². The monoisotopic (exact) mass is 392 g/mol. The number of amides is 1. The zero-order chi connectivity index (χ0) is 17.7. The van der Waals surface area contributed by atoms with Crippen LogP contribution in [0.1, 0.15) is 13.3 Å². The predicted octanol–water partition coefficient (Wildman–Crippen LogP) is 1.11. The van der Waals surface area contributed by atoms with Gasteiger partial charge in [0, 0.05) is 38.2 Å². The molecule has 0 saturated carbocycles. The van der Waals surface area contributed by atoms with Crippen LogP contribution in [0, 0.1) is 0 Å². The van der Waals surface area contributed by atoms with Crippen molar-refractivity contribution in [2.24, 2.45) is 0 Å². The van der Waals surface area contributed by atoms with Crippen LogP contribution >= 0.6 is 12.4 Å². The van der Waals surface area contributed by atoms with Gasteiger partial charge >= 0.3 is 0 Å². The quantitative estimate of drug-likeness (QED) is 0.780. The third kappa shape index (κ3) is 5.49. The molecule has 1 aliphatic rings. The number of nitrogens with zero attached hydrogens (tertiary/aromatic N) is 1. The Balaban J connectivity index is 0.00000312. The van der Waals surface area contributed by atoms with Gasteiger partial charge in [-0.05, 0) is 19.1 Å². The first kappa shape index (κ1) is 21.5. The maximum atomic E-state index is 12.5. The van der Waals surface area contributed by atoms with Gasteiger partial charge in [-0.1, -0.05) is 0 Å². The Labute approximate surface area is 155 Å². The molecule has 7 nitrogen and oxygen atoms in total. The van der Waals surface area contributed by atoms with Crippen molar-refractivity contribution in [3.8, 4) is 11.5 Å². The second-order valence-electron chi connectivity index (χ2n) is 5.78. The number of sulfone groups is 1. The lowest BCUT2D eigenvalue weighted by Crippen LogP contribution is -2.51. The summed E-state index contributed by atoms with van der Waals surface area (Å²) >= 11 is 0. The van der Waals surface area contributed by atoms with E-state index >= 15 is 0 Å². The van der Waals surface area contributed by atoms with Crippen molar-refractivity contribution >= 4 is 28.2 Å². The number of hydrogen-bond acceptors (Lipinski definition) is 6. The minimum absolute atomic E-state index is 0. The molecule has 1 aromatic carbocycles. The number of halogens is 1. The fourth-order valence-corrected chi connectivity index (χ4v) is 3.91. The number of hydrogen-bond donors (Lipinski definition) is 1. The summed E-state index contributed by atoms with van der Waals surface area (Å²) in [6.07, 6.45) is -0.0244. The summed E-state index contributed by atoms with van der Waals surface area (Å²) in [6, 6.07) is 4.66. The molecule has 2 rings (SSSR count). The molecular formula is C16H25ClN2O5S. The maximum absolute atomic E-state index is 12.5. The first-order valence-electron chi connectivity index (χ1n) is 7.83. The Hall–Kier alpha value is -1.51. The Kier molecular flexibility index (Phi) is 7.98. The number of nitrogens with one attached hydrogen (secondary N) is 1. The van der Waals surface area contributed by atoms with E-state index in [4.69, 9.17) is 9.47 Å². The van der Waals surface area contributed by atoms with Gasteiger partial charge in [-0.3, -0.25) is 4.79 Å². The summed E-state index contributed by atoms with van der Waals surface area (Å²) in [6.45, 7) is 3.95. The number of piperazine rings is 1. The molecule has 1 aliphatic heterocycles. The number of carbonyl (C=O) groups excluding carboxylic acids is 1. The fourth-order valence-electron chi connectivity index (χ4n) is 2.67. The number of rotatable bonds is 6. The minimum atomic E-state index is -3.56. The van der Waals surface area contributed by atoms with Crippen molar-refractivity contribution < 1.29 is 22.7 Å². The molecule has 1 saturated heterocycles. The van der Waals surface area contributed by atoms with E-state index in [0.29, 0.717) is 24.6 Å². The Bertz CT molecular complexity index is 696. The number of benzene rings is 1. The predicted molar refractivity (Wildman–Crippen MR) is 97.5 cm³/mol.